The van der Waals surface area contributed by atoms with Crippen molar-refractivity contribution in [3.63, 3.8) is 0 Å². The maximum Gasteiger partial charge on any atom is 0.294 e. The molecular formula is C23H23BrN2O5S. The van der Waals surface area contributed by atoms with Crippen LogP contribution in [0.1, 0.15) is 25.0 Å². The first-order valence-electron chi connectivity index (χ1n) is 10.0. The molecule has 9 heteroatoms. The maximum absolute atomic E-state index is 12.8. The van der Waals surface area contributed by atoms with E-state index in [0.29, 0.717) is 40.4 Å². The molecule has 0 saturated carbocycles. The number of carbonyl (C=O) groups is 3. The summed E-state index contributed by atoms with van der Waals surface area (Å²) in [5, 5.41) is 2.25. The molecule has 1 heterocycles. The summed E-state index contributed by atoms with van der Waals surface area (Å²) in [5.41, 5.74) is 2.20. The Labute approximate surface area is 199 Å². The van der Waals surface area contributed by atoms with E-state index in [1.54, 1.807) is 30.3 Å². The highest BCUT2D eigenvalue weighted by Crippen LogP contribution is 2.39. The van der Waals surface area contributed by atoms with Gasteiger partial charge in [0.05, 0.1) is 22.6 Å². The van der Waals surface area contributed by atoms with Crippen LogP contribution >= 0.6 is 27.7 Å². The van der Waals surface area contributed by atoms with Crippen molar-refractivity contribution in [1.82, 2.24) is 4.90 Å². The minimum absolute atomic E-state index is 0.234. The Bertz CT molecular complexity index is 1090. The van der Waals surface area contributed by atoms with Gasteiger partial charge in [-0.1, -0.05) is 18.2 Å². The Balaban J connectivity index is 1.78. The molecule has 0 atom stereocenters. The Morgan fingerprint density at radius 2 is 1.88 bits per heavy atom. The standard InChI is InChI=1S/C23H23BrN2O5S/c1-4-30-18-11-15(10-16(24)21(18)31-5-2)12-19-22(28)26(23(29)32-19)13-20(27)25-17-9-7-6-8-14(17)3/h6-12H,4-5,13H2,1-3H3,(H,25,27)/b19-12+. The minimum Gasteiger partial charge on any atom is -0.490 e. The smallest absolute Gasteiger partial charge is 0.294 e. The summed E-state index contributed by atoms with van der Waals surface area (Å²) in [4.78, 5) is 38.8. The van der Waals surface area contributed by atoms with Crippen molar-refractivity contribution in [2.45, 2.75) is 20.8 Å². The summed E-state index contributed by atoms with van der Waals surface area (Å²) in [6.07, 6.45) is 1.60. The molecular weight excluding hydrogens is 496 g/mol. The van der Waals surface area contributed by atoms with Crippen LogP contribution in [0.15, 0.2) is 45.8 Å². The zero-order chi connectivity index (χ0) is 23.3. The van der Waals surface area contributed by atoms with Gasteiger partial charge in [-0.2, -0.15) is 0 Å². The van der Waals surface area contributed by atoms with E-state index in [4.69, 9.17) is 9.47 Å². The summed E-state index contributed by atoms with van der Waals surface area (Å²) in [7, 11) is 0. The van der Waals surface area contributed by atoms with Gasteiger partial charge in [-0.25, -0.2) is 0 Å². The number of anilines is 1. The lowest BCUT2D eigenvalue weighted by molar-refractivity contribution is -0.127. The van der Waals surface area contributed by atoms with Crippen LogP contribution in [0, 0.1) is 6.92 Å². The van der Waals surface area contributed by atoms with Gasteiger partial charge in [-0.3, -0.25) is 19.3 Å². The third-order valence-electron chi connectivity index (χ3n) is 4.51. The summed E-state index contributed by atoms with van der Waals surface area (Å²) < 4.78 is 12.0. The summed E-state index contributed by atoms with van der Waals surface area (Å²) >= 11 is 4.27. The number of imide groups is 1. The van der Waals surface area contributed by atoms with Gasteiger partial charge in [0.2, 0.25) is 5.91 Å². The highest BCUT2D eigenvalue weighted by Gasteiger charge is 2.36. The van der Waals surface area contributed by atoms with Gasteiger partial charge in [0, 0.05) is 5.69 Å². The molecule has 0 bridgehead atoms. The number of aryl methyl sites for hydroxylation is 1. The fraction of sp³-hybridized carbons (Fsp3) is 0.261. The molecule has 7 nitrogen and oxygen atoms in total. The van der Waals surface area contributed by atoms with Gasteiger partial charge in [0.25, 0.3) is 11.1 Å². The molecule has 0 aromatic heterocycles. The van der Waals surface area contributed by atoms with Crippen molar-refractivity contribution in [1.29, 1.82) is 0 Å². The molecule has 3 rings (SSSR count). The van der Waals surface area contributed by atoms with Crippen molar-refractivity contribution in [3.8, 4) is 11.5 Å². The van der Waals surface area contributed by atoms with Gasteiger partial charge < -0.3 is 14.8 Å². The SMILES string of the molecule is CCOc1cc(/C=C2/SC(=O)N(CC(=O)Nc3ccccc3C)C2=O)cc(Br)c1OCC. The molecule has 1 fully saturated rings. The van der Waals surface area contributed by atoms with Crippen LogP contribution in [0.2, 0.25) is 0 Å². The van der Waals surface area contributed by atoms with Crippen LogP contribution in [0.5, 0.6) is 11.5 Å². The van der Waals surface area contributed by atoms with Crippen molar-refractivity contribution in [2.75, 3.05) is 25.1 Å². The predicted octanol–water partition coefficient (Wildman–Crippen LogP) is 5.23. The summed E-state index contributed by atoms with van der Waals surface area (Å²) in [5.74, 6) is 0.160. The van der Waals surface area contributed by atoms with E-state index in [-0.39, 0.29) is 11.4 Å². The van der Waals surface area contributed by atoms with Crippen LogP contribution in [0.25, 0.3) is 6.08 Å². The van der Waals surface area contributed by atoms with Crippen LogP contribution in [-0.4, -0.2) is 41.7 Å². The van der Waals surface area contributed by atoms with E-state index < -0.39 is 17.1 Å². The van der Waals surface area contributed by atoms with Crippen LogP contribution in [0.4, 0.5) is 10.5 Å². The quantitative estimate of drug-likeness (QED) is 0.481. The number of carbonyl (C=O) groups excluding carboxylic acids is 3. The highest BCUT2D eigenvalue weighted by atomic mass is 79.9. The average molecular weight is 519 g/mol. The maximum atomic E-state index is 12.8. The van der Waals surface area contributed by atoms with Crippen molar-refractivity contribution >= 4 is 56.5 Å². The molecule has 1 aliphatic heterocycles. The lowest BCUT2D eigenvalue weighted by Crippen LogP contribution is -2.36. The number of amides is 3. The molecule has 32 heavy (non-hydrogen) atoms. The number of hydrogen-bond acceptors (Lipinski definition) is 6. The zero-order valence-corrected chi connectivity index (χ0v) is 20.3. The number of rotatable bonds is 8. The van der Waals surface area contributed by atoms with E-state index in [1.807, 2.05) is 32.9 Å². The van der Waals surface area contributed by atoms with E-state index in [9.17, 15) is 14.4 Å². The normalized spacial score (nSPS) is 14.8. The molecule has 0 unspecified atom stereocenters. The van der Waals surface area contributed by atoms with Crippen molar-refractivity contribution in [2.24, 2.45) is 0 Å². The first-order valence-corrected chi connectivity index (χ1v) is 11.6. The lowest BCUT2D eigenvalue weighted by Gasteiger charge is -2.14. The Morgan fingerprint density at radius 1 is 1.16 bits per heavy atom. The van der Waals surface area contributed by atoms with E-state index in [2.05, 4.69) is 21.2 Å². The van der Waals surface area contributed by atoms with E-state index >= 15 is 0 Å². The van der Waals surface area contributed by atoms with Gasteiger partial charge in [0.1, 0.15) is 6.54 Å². The molecule has 0 radical (unpaired) electrons. The Kier molecular flexibility index (Phi) is 7.98. The van der Waals surface area contributed by atoms with Gasteiger partial charge in [0.15, 0.2) is 11.5 Å². The van der Waals surface area contributed by atoms with E-state index in [0.717, 1.165) is 22.2 Å². The number of thioether (sulfide) groups is 1. The monoisotopic (exact) mass is 518 g/mol. The zero-order valence-electron chi connectivity index (χ0n) is 17.9. The van der Waals surface area contributed by atoms with Gasteiger partial charge >= 0.3 is 0 Å². The Morgan fingerprint density at radius 3 is 2.56 bits per heavy atom. The second-order valence-corrected chi connectivity index (χ2v) is 8.67. The van der Waals surface area contributed by atoms with Crippen LogP contribution in [0.3, 0.4) is 0 Å². The molecule has 2 aromatic carbocycles. The molecule has 0 aliphatic carbocycles. The molecule has 168 valence electrons. The first kappa shape index (κ1) is 23.9. The van der Waals surface area contributed by atoms with Gasteiger partial charge in [-0.15, -0.1) is 0 Å². The second kappa shape index (κ2) is 10.7. The van der Waals surface area contributed by atoms with Crippen molar-refractivity contribution < 1.29 is 23.9 Å². The van der Waals surface area contributed by atoms with E-state index in [1.165, 1.54) is 0 Å². The number of nitrogens with one attached hydrogen (secondary N) is 1. The van der Waals surface area contributed by atoms with Crippen LogP contribution < -0.4 is 14.8 Å². The number of halogens is 1. The number of nitrogens with zero attached hydrogens (tertiary/aromatic N) is 1. The lowest BCUT2D eigenvalue weighted by atomic mass is 10.2. The third-order valence-corrected chi connectivity index (χ3v) is 6.01. The van der Waals surface area contributed by atoms with Gasteiger partial charge in [-0.05, 0) is 83.9 Å². The molecule has 3 amide bonds. The third kappa shape index (κ3) is 5.52. The molecule has 1 aliphatic rings. The molecule has 0 spiro atoms. The first-order chi connectivity index (χ1) is 15.3. The number of benzene rings is 2. The topological polar surface area (TPSA) is 84.9 Å². The largest absolute Gasteiger partial charge is 0.490 e. The average Bonchev–Trinajstić information content (AvgIpc) is 3.00. The minimum atomic E-state index is -0.511. The fourth-order valence-corrected chi connectivity index (χ4v) is 4.47. The number of hydrogen-bond donors (Lipinski definition) is 1. The van der Waals surface area contributed by atoms with Crippen molar-refractivity contribution in [3.05, 3.63) is 56.9 Å². The number of ether oxygens (including phenoxy) is 2. The molecule has 1 saturated heterocycles. The molecule has 1 N–H and O–H groups in total. The Hall–Kier alpha value is -2.78. The highest BCUT2D eigenvalue weighted by molar-refractivity contribution is 9.10. The number of para-hydroxylation sites is 1. The van der Waals surface area contributed by atoms with Crippen LogP contribution in [-0.2, 0) is 9.59 Å². The molecule has 2 aromatic rings. The summed E-state index contributed by atoms with van der Waals surface area (Å²) in [6.45, 7) is 6.17. The summed E-state index contributed by atoms with van der Waals surface area (Å²) in [6, 6.07) is 10.8. The predicted molar refractivity (Wildman–Crippen MR) is 129 cm³/mol. The second-order valence-electron chi connectivity index (χ2n) is 6.83. The fourth-order valence-electron chi connectivity index (χ4n) is 3.05.